The molecule has 0 radical (unpaired) electrons. The van der Waals surface area contributed by atoms with Gasteiger partial charge in [-0.15, -0.1) is 0 Å². The van der Waals surface area contributed by atoms with Crippen LogP contribution in [0.25, 0.3) is 0 Å². The van der Waals surface area contributed by atoms with Gasteiger partial charge in [-0.1, -0.05) is 0 Å². The summed E-state index contributed by atoms with van der Waals surface area (Å²) in [5.41, 5.74) is -2.87. The fourth-order valence-electron chi connectivity index (χ4n) is 2.60. The molecule has 0 unspecified atom stereocenters. The van der Waals surface area contributed by atoms with Crippen molar-refractivity contribution >= 4 is 23.5 Å². The zero-order valence-corrected chi connectivity index (χ0v) is 16.6. The summed E-state index contributed by atoms with van der Waals surface area (Å²) in [5, 5.41) is 2.36. The number of aromatic nitrogens is 1. The van der Waals surface area contributed by atoms with Crippen molar-refractivity contribution in [2.45, 2.75) is 26.6 Å². The largest absolute Gasteiger partial charge is 0.462 e. The number of carbonyl (C=O) groups excluding carboxylic acids is 3. The Labute approximate surface area is 174 Å². The fraction of sp³-hybridized carbons (Fsp3) is 0.300. The Morgan fingerprint density at radius 2 is 1.55 bits per heavy atom. The van der Waals surface area contributed by atoms with E-state index >= 15 is 0 Å². The molecule has 0 aliphatic carbocycles. The van der Waals surface area contributed by atoms with Crippen LogP contribution in [0.2, 0.25) is 0 Å². The van der Waals surface area contributed by atoms with E-state index < -0.39 is 41.7 Å². The van der Waals surface area contributed by atoms with Gasteiger partial charge in [-0.05, 0) is 44.2 Å². The molecule has 0 fully saturated rings. The van der Waals surface area contributed by atoms with Crippen LogP contribution >= 0.6 is 0 Å². The topological polar surface area (TPSA) is 104 Å². The van der Waals surface area contributed by atoms with Crippen LogP contribution < -0.4 is 10.9 Å². The molecule has 1 aromatic heterocycles. The molecule has 0 aliphatic rings. The van der Waals surface area contributed by atoms with Crippen LogP contribution in [0, 0.1) is 0 Å². The number of rotatable bonds is 7. The van der Waals surface area contributed by atoms with Gasteiger partial charge in [-0.25, -0.2) is 9.59 Å². The molecule has 0 atom stereocenters. The Balaban J connectivity index is 2.31. The van der Waals surface area contributed by atoms with Crippen molar-refractivity contribution in [2.75, 3.05) is 18.5 Å². The lowest BCUT2D eigenvalue weighted by Crippen LogP contribution is -2.32. The van der Waals surface area contributed by atoms with E-state index in [1.807, 2.05) is 0 Å². The molecule has 2 aromatic rings. The third-order valence-corrected chi connectivity index (χ3v) is 3.88. The molecule has 8 nitrogen and oxygen atoms in total. The maximum absolute atomic E-state index is 12.9. The highest BCUT2D eigenvalue weighted by atomic mass is 19.4. The number of hydrogen-bond acceptors (Lipinski definition) is 6. The van der Waals surface area contributed by atoms with Gasteiger partial charge < -0.3 is 19.4 Å². The number of anilines is 1. The Kier molecular flexibility index (Phi) is 7.56. The van der Waals surface area contributed by atoms with Crippen molar-refractivity contribution in [2.24, 2.45) is 0 Å². The molecule has 2 rings (SSSR count). The quantitative estimate of drug-likeness (QED) is 0.664. The predicted molar refractivity (Wildman–Crippen MR) is 103 cm³/mol. The van der Waals surface area contributed by atoms with E-state index in [0.717, 1.165) is 12.3 Å². The monoisotopic (exact) mass is 440 g/mol. The number of benzene rings is 1. The summed E-state index contributed by atoms with van der Waals surface area (Å²) in [7, 11) is 0. The van der Waals surface area contributed by atoms with Crippen molar-refractivity contribution in [3.8, 4) is 0 Å². The fourth-order valence-corrected chi connectivity index (χ4v) is 2.60. The predicted octanol–water partition coefficient (Wildman–Crippen LogP) is 2.86. The van der Waals surface area contributed by atoms with Gasteiger partial charge in [0, 0.05) is 11.9 Å². The zero-order chi connectivity index (χ0) is 23.2. The second kappa shape index (κ2) is 9.92. The van der Waals surface area contributed by atoms with Gasteiger partial charge in [0.25, 0.3) is 5.56 Å². The molecule has 1 amide bonds. The molecule has 0 aliphatic heterocycles. The summed E-state index contributed by atoms with van der Waals surface area (Å²) in [6.07, 6.45) is -3.82. The summed E-state index contributed by atoms with van der Waals surface area (Å²) < 4.78 is 49.0. The van der Waals surface area contributed by atoms with Gasteiger partial charge in [0.1, 0.15) is 12.1 Å². The summed E-state index contributed by atoms with van der Waals surface area (Å²) in [4.78, 5) is 48.4. The van der Waals surface area contributed by atoms with Crippen molar-refractivity contribution in [1.82, 2.24) is 4.57 Å². The van der Waals surface area contributed by atoms with Crippen molar-refractivity contribution in [3.05, 3.63) is 63.6 Å². The first-order valence-electron chi connectivity index (χ1n) is 9.12. The van der Waals surface area contributed by atoms with Crippen LogP contribution in [-0.2, 0) is 27.0 Å². The average Bonchev–Trinajstić information content (AvgIpc) is 2.68. The van der Waals surface area contributed by atoms with Crippen molar-refractivity contribution < 1.29 is 37.0 Å². The molecule has 0 saturated heterocycles. The Morgan fingerprint density at radius 3 is 2.03 bits per heavy atom. The maximum Gasteiger partial charge on any atom is 0.421 e. The Morgan fingerprint density at radius 1 is 1.00 bits per heavy atom. The second-order valence-electron chi connectivity index (χ2n) is 6.14. The first kappa shape index (κ1) is 23.6. The minimum Gasteiger partial charge on any atom is -0.462 e. The molecule has 166 valence electrons. The van der Waals surface area contributed by atoms with E-state index in [9.17, 15) is 32.3 Å². The number of hydrogen-bond donors (Lipinski definition) is 1. The summed E-state index contributed by atoms with van der Waals surface area (Å²) in [6, 6.07) is 5.30. The number of carbonyl (C=O) groups is 3. The number of nitrogens with one attached hydrogen (secondary N) is 1. The maximum atomic E-state index is 12.9. The van der Waals surface area contributed by atoms with Crippen LogP contribution in [0.1, 0.15) is 40.1 Å². The molecule has 11 heteroatoms. The molecule has 0 spiro atoms. The minimum atomic E-state index is -4.86. The summed E-state index contributed by atoms with van der Waals surface area (Å²) in [5.74, 6) is -2.35. The smallest absolute Gasteiger partial charge is 0.421 e. The van der Waals surface area contributed by atoms with Crippen LogP contribution in [0.15, 0.2) is 41.3 Å². The highest BCUT2D eigenvalue weighted by molar-refractivity contribution is 5.99. The van der Waals surface area contributed by atoms with E-state index in [-0.39, 0.29) is 30.0 Å². The summed E-state index contributed by atoms with van der Waals surface area (Å²) in [6.45, 7) is 2.59. The normalized spacial score (nSPS) is 11.0. The van der Waals surface area contributed by atoms with Crippen LogP contribution in [0.5, 0.6) is 0 Å². The van der Waals surface area contributed by atoms with E-state index in [0.29, 0.717) is 10.6 Å². The number of halogens is 3. The highest BCUT2D eigenvalue weighted by Gasteiger charge is 2.34. The van der Waals surface area contributed by atoms with Gasteiger partial charge in [0.15, 0.2) is 0 Å². The minimum absolute atomic E-state index is 0.00127. The highest BCUT2D eigenvalue weighted by Crippen LogP contribution is 2.26. The standard InChI is InChI=1S/C20H19F3N2O6/c1-3-30-18(28)12-8-13(19(29)31-4-2)10-14(9-12)24-16(26)11-25-7-5-6-15(17(25)27)20(21,22)23/h5-10H,3-4,11H2,1-2H3,(H,24,26). The lowest BCUT2D eigenvalue weighted by Gasteiger charge is -2.12. The van der Waals surface area contributed by atoms with Crippen molar-refractivity contribution in [3.63, 3.8) is 0 Å². The molecule has 1 N–H and O–H groups in total. The van der Waals surface area contributed by atoms with Crippen LogP contribution in [0.4, 0.5) is 18.9 Å². The van der Waals surface area contributed by atoms with Gasteiger partial charge in [0.05, 0.1) is 24.3 Å². The first-order chi connectivity index (χ1) is 14.6. The molecular formula is C20H19F3N2O6. The zero-order valence-electron chi connectivity index (χ0n) is 16.6. The Hall–Kier alpha value is -3.63. The van der Waals surface area contributed by atoms with Gasteiger partial charge >= 0.3 is 18.1 Å². The number of alkyl halides is 3. The SMILES string of the molecule is CCOC(=O)c1cc(NC(=O)Cn2cccc(C(F)(F)F)c2=O)cc(C(=O)OCC)c1. The van der Waals surface area contributed by atoms with Gasteiger partial charge in [0.2, 0.25) is 5.91 Å². The third-order valence-electron chi connectivity index (χ3n) is 3.88. The lowest BCUT2D eigenvalue weighted by molar-refractivity contribution is -0.139. The molecular weight excluding hydrogens is 421 g/mol. The second-order valence-corrected chi connectivity index (χ2v) is 6.14. The number of ether oxygens (including phenoxy) is 2. The molecule has 1 heterocycles. The lowest BCUT2D eigenvalue weighted by atomic mass is 10.1. The van der Waals surface area contributed by atoms with E-state index in [4.69, 9.17) is 9.47 Å². The Bertz CT molecular complexity index is 1010. The van der Waals surface area contributed by atoms with Gasteiger partial charge in [-0.3, -0.25) is 9.59 Å². The molecule has 1 aromatic carbocycles. The van der Waals surface area contributed by atoms with E-state index in [1.54, 1.807) is 13.8 Å². The average molecular weight is 440 g/mol. The number of pyridine rings is 1. The molecule has 0 bridgehead atoms. The van der Waals surface area contributed by atoms with Gasteiger partial charge in [-0.2, -0.15) is 13.2 Å². The first-order valence-corrected chi connectivity index (χ1v) is 9.12. The number of esters is 2. The third kappa shape index (κ3) is 6.17. The molecule has 31 heavy (non-hydrogen) atoms. The number of amides is 1. The van der Waals surface area contributed by atoms with E-state index in [2.05, 4.69) is 5.32 Å². The van der Waals surface area contributed by atoms with Crippen LogP contribution in [0.3, 0.4) is 0 Å². The molecule has 0 saturated carbocycles. The van der Waals surface area contributed by atoms with E-state index in [1.165, 1.54) is 18.2 Å². The number of nitrogens with zero attached hydrogens (tertiary/aromatic N) is 1. The van der Waals surface area contributed by atoms with Crippen LogP contribution in [-0.4, -0.2) is 35.6 Å². The van der Waals surface area contributed by atoms with Crippen molar-refractivity contribution in [1.29, 1.82) is 0 Å². The summed E-state index contributed by atoms with van der Waals surface area (Å²) >= 11 is 0.